The number of alkyl halides is 2. The van der Waals surface area contributed by atoms with Crippen molar-refractivity contribution in [2.45, 2.75) is 36.1 Å². The Morgan fingerprint density at radius 1 is 1.24 bits per heavy atom. The number of carbonyl (C=O) groups is 1. The summed E-state index contributed by atoms with van der Waals surface area (Å²) in [6.45, 7) is 1.55. The van der Waals surface area contributed by atoms with Crippen LogP contribution in [-0.2, 0) is 11.3 Å². The fourth-order valence-corrected chi connectivity index (χ4v) is 3.47. The molecule has 1 saturated heterocycles. The third-order valence-corrected chi connectivity index (χ3v) is 5.19. The van der Waals surface area contributed by atoms with Crippen molar-refractivity contribution in [1.82, 2.24) is 5.32 Å². The molecule has 1 aliphatic heterocycles. The van der Waals surface area contributed by atoms with E-state index >= 15 is 0 Å². The zero-order valence-corrected chi connectivity index (χ0v) is 16.8. The third kappa shape index (κ3) is 6.33. The Hall–Kier alpha value is -2.32. The summed E-state index contributed by atoms with van der Waals surface area (Å²) in [6.07, 6.45) is 2.16. The molecule has 3 rings (SSSR count). The second kappa shape index (κ2) is 10.5. The molecular formula is C21H23F2NO4S. The maximum Gasteiger partial charge on any atom is 0.288 e. The van der Waals surface area contributed by atoms with Gasteiger partial charge in [0.2, 0.25) is 0 Å². The minimum Gasteiger partial charge on any atom is -0.493 e. The van der Waals surface area contributed by atoms with Gasteiger partial charge in [0.05, 0.1) is 13.2 Å². The molecule has 1 fully saturated rings. The first-order valence-corrected chi connectivity index (χ1v) is 10.2. The van der Waals surface area contributed by atoms with Gasteiger partial charge in [-0.15, -0.1) is 0 Å². The van der Waals surface area contributed by atoms with Gasteiger partial charge in [0.1, 0.15) is 6.61 Å². The summed E-state index contributed by atoms with van der Waals surface area (Å²) >= 11 is 0.448. The van der Waals surface area contributed by atoms with Crippen molar-refractivity contribution in [2.24, 2.45) is 0 Å². The molecule has 0 spiro atoms. The highest BCUT2D eigenvalue weighted by molar-refractivity contribution is 7.99. The maximum atomic E-state index is 12.4. The normalized spacial score (nSPS) is 16.1. The van der Waals surface area contributed by atoms with Crippen molar-refractivity contribution in [2.75, 3.05) is 20.3 Å². The van der Waals surface area contributed by atoms with Crippen LogP contribution in [0.1, 0.15) is 28.8 Å². The smallest absolute Gasteiger partial charge is 0.288 e. The Labute approximate surface area is 172 Å². The lowest BCUT2D eigenvalue weighted by atomic mass is 10.1. The number of amides is 1. The molecule has 0 aromatic heterocycles. The molecule has 1 heterocycles. The monoisotopic (exact) mass is 423 g/mol. The van der Waals surface area contributed by atoms with Gasteiger partial charge in [0, 0.05) is 23.6 Å². The minimum absolute atomic E-state index is 0.115. The predicted octanol–water partition coefficient (Wildman–Crippen LogP) is 4.50. The fourth-order valence-electron chi connectivity index (χ4n) is 2.97. The average Bonchev–Trinajstić information content (AvgIpc) is 3.24. The molecule has 0 aliphatic carbocycles. The van der Waals surface area contributed by atoms with Gasteiger partial charge in [-0.3, -0.25) is 4.79 Å². The second-order valence-electron chi connectivity index (χ2n) is 6.52. The molecule has 29 heavy (non-hydrogen) atoms. The molecule has 0 radical (unpaired) electrons. The molecule has 0 saturated carbocycles. The van der Waals surface area contributed by atoms with Crippen LogP contribution in [0.2, 0.25) is 0 Å². The van der Waals surface area contributed by atoms with Crippen LogP contribution in [0.3, 0.4) is 0 Å². The number of benzene rings is 2. The number of methoxy groups -OCH3 is 1. The Balaban J connectivity index is 1.54. The van der Waals surface area contributed by atoms with Crippen LogP contribution in [0.15, 0.2) is 47.4 Å². The first-order valence-electron chi connectivity index (χ1n) is 9.29. The summed E-state index contributed by atoms with van der Waals surface area (Å²) in [5.41, 5.74) is 1.26. The van der Waals surface area contributed by atoms with E-state index in [4.69, 9.17) is 14.2 Å². The second-order valence-corrected chi connectivity index (χ2v) is 7.58. The topological polar surface area (TPSA) is 56.8 Å². The fraction of sp³-hybridized carbons (Fsp3) is 0.381. The van der Waals surface area contributed by atoms with Gasteiger partial charge in [-0.25, -0.2) is 0 Å². The van der Waals surface area contributed by atoms with Crippen molar-refractivity contribution in [3.05, 3.63) is 53.6 Å². The van der Waals surface area contributed by atoms with Crippen LogP contribution in [0, 0.1) is 0 Å². The minimum atomic E-state index is -2.48. The van der Waals surface area contributed by atoms with Crippen LogP contribution in [0.4, 0.5) is 8.78 Å². The van der Waals surface area contributed by atoms with Crippen LogP contribution < -0.4 is 14.8 Å². The molecule has 1 aliphatic rings. The van der Waals surface area contributed by atoms with E-state index in [1.807, 2.05) is 18.2 Å². The Morgan fingerprint density at radius 2 is 2.03 bits per heavy atom. The quantitative estimate of drug-likeness (QED) is 0.602. The first-order chi connectivity index (χ1) is 14.0. The van der Waals surface area contributed by atoms with Crippen molar-refractivity contribution in [3.8, 4) is 11.5 Å². The van der Waals surface area contributed by atoms with Crippen LogP contribution in [0.5, 0.6) is 11.5 Å². The lowest BCUT2D eigenvalue weighted by Gasteiger charge is -2.15. The van der Waals surface area contributed by atoms with E-state index in [-0.39, 0.29) is 12.0 Å². The van der Waals surface area contributed by atoms with E-state index in [2.05, 4.69) is 5.32 Å². The summed E-state index contributed by atoms with van der Waals surface area (Å²) in [6, 6.07) is 11.6. The van der Waals surface area contributed by atoms with Crippen molar-refractivity contribution >= 4 is 17.7 Å². The van der Waals surface area contributed by atoms with E-state index in [1.165, 1.54) is 24.3 Å². The molecule has 1 amide bonds. The molecule has 1 atom stereocenters. The average molecular weight is 423 g/mol. The lowest BCUT2D eigenvalue weighted by molar-refractivity contribution is 0.0669. The largest absolute Gasteiger partial charge is 0.493 e. The van der Waals surface area contributed by atoms with Crippen LogP contribution in [-0.4, -0.2) is 38.1 Å². The number of carbonyl (C=O) groups excluding carboxylic acids is 1. The number of ether oxygens (including phenoxy) is 3. The van der Waals surface area contributed by atoms with E-state index in [0.717, 1.165) is 25.0 Å². The van der Waals surface area contributed by atoms with E-state index in [0.29, 0.717) is 46.9 Å². The van der Waals surface area contributed by atoms with Crippen molar-refractivity contribution in [3.63, 3.8) is 0 Å². The number of thioether (sulfide) groups is 1. The maximum absolute atomic E-state index is 12.4. The molecule has 2 aromatic rings. The van der Waals surface area contributed by atoms with Crippen molar-refractivity contribution in [1.29, 1.82) is 0 Å². The molecule has 156 valence electrons. The highest BCUT2D eigenvalue weighted by Crippen LogP contribution is 2.29. The molecule has 1 unspecified atom stereocenters. The van der Waals surface area contributed by atoms with Crippen LogP contribution in [0.25, 0.3) is 0 Å². The number of rotatable bonds is 9. The molecule has 0 bridgehead atoms. The van der Waals surface area contributed by atoms with Gasteiger partial charge in [-0.05, 0) is 54.8 Å². The highest BCUT2D eigenvalue weighted by Gasteiger charge is 2.17. The van der Waals surface area contributed by atoms with Crippen molar-refractivity contribution < 1.29 is 27.8 Å². The van der Waals surface area contributed by atoms with Crippen LogP contribution >= 0.6 is 11.8 Å². The van der Waals surface area contributed by atoms with Gasteiger partial charge in [-0.2, -0.15) is 8.78 Å². The first kappa shape index (κ1) is 21.4. The number of nitrogens with one attached hydrogen (secondary N) is 1. The molecule has 1 N–H and O–H groups in total. The number of hydrogen-bond acceptors (Lipinski definition) is 5. The number of hydrogen-bond donors (Lipinski definition) is 1. The summed E-state index contributed by atoms with van der Waals surface area (Å²) in [5.74, 6) is -1.55. The van der Waals surface area contributed by atoms with Gasteiger partial charge in [0.15, 0.2) is 11.5 Å². The zero-order chi connectivity index (χ0) is 20.6. The summed E-state index contributed by atoms with van der Waals surface area (Å²) < 4.78 is 41.5. The SMILES string of the molecule is COc1cc(CNC(=O)c2ccc(SC(F)F)cc2)ccc1OCC1CCCO1. The molecule has 8 heteroatoms. The van der Waals surface area contributed by atoms with E-state index in [1.54, 1.807) is 7.11 Å². The Kier molecular flexibility index (Phi) is 7.71. The van der Waals surface area contributed by atoms with Gasteiger partial charge >= 0.3 is 0 Å². The predicted molar refractivity (Wildman–Crippen MR) is 107 cm³/mol. The molecule has 5 nitrogen and oxygen atoms in total. The zero-order valence-electron chi connectivity index (χ0n) is 16.0. The van der Waals surface area contributed by atoms with E-state index in [9.17, 15) is 13.6 Å². The third-order valence-electron chi connectivity index (χ3n) is 4.47. The standard InChI is InChI=1S/C21H23F2NO4S/c1-26-19-11-14(4-9-18(19)28-13-16-3-2-10-27-16)12-24-20(25)15-5-7-17(8-6-15)29-21(22)23/h4-9,11,16,21H,2-3,10,12-13H2,1H3,(H,24,25). The van der Waals surface area contributed by atoms with Gasteiger partial charge in [0.25, 0.3) is 11.7 Å². The van der Waals surface area contributed by atoms with Gasteiger partial charge < -0.3 is 19.5 Å². The number of halogens is 2. The summed E-state index contributed by atoms with van der Waals surface area (Å²) in [7, 11) is 1.57. The Morgan fingerprint density at radius 3 is 2.69 bits per heavy atom. The molecular weight excluding hydrogens is 400 g/mol. The van der Waals surface area contributed by atoms with E-state index < -0.39 is 5.76 Å². The summed E-state index contributed by atoms with van der Waals surface area (Å²) in [5, 5.41) is 2.81. The summed E-state index contributed by atoms with van der Waals surface area (Å²) in [4.78, 5) is 12.7. The van der Waals surface area contributed by atoms with Gasteiger partial charge in [-0.1, -0.05) is 17.8 Å². The Bertz CT molecular complexity index is 811. The molecule has 2 aromatic carbocycles. The lowest BCUT2D eigenvalue weighted by Crippen LogP contribution is -2.22. The highest BCUT2D eigenvalue weighted by atomic mass is 32.2.